The molecule has 0 saturated carbocycles. The lowest BCUT2D eigenvalue weighted by molar-refractivity contribution is -0.387. The summed E-state index contributed by atoms with van der Waals surface area (Å²) in [5, 5.41) is 23.2. The molecule has 2 atom stereocenters. The van der Waals surface area contributed by atoms with E-state index in [1.165, 1.54) is 24.3 Å². The number of hydrogen-bond donors (Lipinski definition) is 0. The summed E-state index contributed by atoms with van der Waals surface area (Å²) in [7, 11) is -1.50. The average Bonchev–Trinajstić information content (AvgIpc) is 2.68. The number of nitro groups is 2. The number of nitro benzene ring substituents is 2. The lowest BCUT2D eigenvalue weighted by Crippen LogP contribution is -2.26. The second-order valence-electron chi connectivity index (χ2n) is 5.84. The number of rotatable bonds is 5. The van der Waals surface area contributed by atoms with Crippen molar-refractivity contribution in [3.05, 3.63) is 92.8 Å². The molecule has 28 heavy (non-hydrogen) atoms. The predicted octanol–water partition coefficient (Wildman–Crippen LogP) is 2.78. The Hall–Kier alpha value is -2.95. The van der Waals surface area contributed by atoms with Crippen LogP contribution in [0.5, 0.6) is 0 Å². The third-order valence-corrected chi connectivity index (χ3v) is 7.71. The van der Waals surface area contributed by atoms with Crippen LogP contribution in [0, 0.1) is 26.0 Å². The number of hydrogen-bond acceptors (Lipinski definition) is 5. The topological polar surface area (TPSA) is 103 Å². The maximum atomic E-state index is 14.2. The van der Waals surface area contributed by atoms with Crippen LogP contribution in [-0.4, -0.2) is 9.85 Å². The van der Waals surface area contributed by atoms with Gasteiger partial charge in [-0.3, -0.25) is 20.2 Å². The van der Waals surface area contributed by atoms with Crippen molar-refractivity contribution in [1.29, 1.82) is 0 Å². The molecule has 7 nitrogen and oxygen atoms in total. The summed E-state index contributed by atoms with van der Waals surface area (Å²) in [6, 6.07) is 15.2. The summed E-state index contributed by atoms with van der Waals surface area (Å²) < 4.78 is 28.0. The van der Waals surface area contributed by atoms with E-state index in [2.05, 4.69) is 9.24 Å². The first kappa shape index (κ1) is 19.8. The molecule has 0 amide bonds. The molecule has 2 unspecified atom stereocenters. The Balaban J connectivity index is 2.35. The highest BCUT2D eigenvalue weighted by Gasteiger charge is 2.33. The molecule has 0 aliphatic heterocycles. The monoisotopic (exact) mass is 418 g/mol. The molecule has 142 valence electrons. The second-order valence-corrected chi connectivity index (χ2v) is 9.23. The molecule has 0 heterocycles. The lowest BCUT2D eigenvalue weighted by Gasteiger charge is -2.20. The van der Waals surface area contributed by atoms with Gasteiger partial charge in [0, 0.05) is 33.4 Å². The third kappa shape index (κ3) is 3.44. The summed E-state index contributed by atoms with van der Waals surface area (Å²) in [5.74, 6) is -1.06. The van der Waals surface area contributed by atoms with Crippen LogP contribution in [0.1, 0.15) is 0 Å². The predicted molar refractivity (Wildman–Crippen MR) is 108 cm³/mol. The van der Waals surface area contributed by atoms with Gasteiger partial charge in [-0.1, -0.05) is 39.6 Å². The van der Waals surface area contributed by atoms with Crippen LogP contribution in [0.3, 0.4) is 0 Å². The van der Waals surface area contributed by atoms with Crippen molar-refractivity contribution in [2.45, 2.75) is 0 Å². The van der Waals surface area contributed by atoms with Gasteiger partial charge >= 0.3 is 5.69 Å². The highest BCUT2D eigenvalue weighted by molar-refractivity contribution is 7.85. The Morgan fingerprint density at radius 3 is 1.89 bits per heavy atom. The average molecular weight is 418 g/mol. The van der Waals surface area contributed by atoms with E-state index in [0.29, 0.717) is 10.6 Å². The molecule has 3 aromatic rings. The molecular formula is C18H13FN2O5P2. The first-order valence-electron chi connectivity index (χ1n) is 7.90. The SMILES string of the molecule is O=[N+]([O-])c1cc(P(=O)(c2ccccc2)c2ccc(P)c([N+](=O)[O-])c2)ccc1F. The molecule has 0 bridgehead atoms. The zero-order chi connectivity index (χ0) is 20.5. The van der Waals surface area contributed by atoms with Crippen molar-refractivity contribution in [2.24, 2.45) is 0 Å². The molecule has 0 aromatic heterocycles. The molecular weight excluding hydrogens is 405 g/mol. The van der Waals surface area contributed by atoms with Crippen LogP contribution in [0.2, 0.25) is 0 Å². The van der Waals surface area contributed by atoms with E-state index >= 15 is 0 Å². The van der Waals surface area contributed by atoms with E-state index in [4.69, 9.17) is 0 Å². The second kappa shape index (κ2) is 7.58. The van der Waals surface area contributed by atoms with E-state index in [1.807, 2.05) is 0 Å². The van der Waals surface area contributed by atoms with Gasteiger partial charge in [0.15, 0.2) is 7.14 Å². The van der Waals surface area contributed by atoms with Crippen molar-refractivity contribution in [3.8, 4) is 0 Å². The lowest BCUT2D eigenvalue weighted by atomic mass is 10.3. The zero-order valence-corrected chi connectivity index (χ0v) is 16.2. The van der Waals surface area contributed by atoms with Gasteiger partial charge in [-0.25, -0.2) is 0 Å². The van der Waals surface area contributed by atoms with Crippen LogP contribution in [0.15, 0.2) is 66.7 Å². The van der Waals surface area contributed by atoms with E-state index in [0.717, 1.165) is 12.1 Å². The van der Waals surface area contributed by atoms with Gasteiger partial charge in [0.1, 0.15) is 0 Å². The van der Waals surface area contributed by atoms with Crippen molar-refractivity contribution in [3.63, 3.8) is 0 Å². The van der Waals surface area contributed by atoms with Crippen molar-refractivity contribution in [1.82, 2.24) is 0 Å². The highest BCUT2D eigenvalue weighted by atomic mass is 31.2. The van der Waals surface area contributed by atoms with Crippen LogP contribution in [0.4, 0.5) is 15.8 Å². The molecule has 0 N–H and O–H groups in total. The standard InChI is InChI=1S/C18H13FN2O5P2/c19-15-8-6-13(10-16(15)20(22)23)28(26,12-4-2-1-3-5-12)14-7-9-18(27)17(11-14)21(24)25/h1-11H,27H2. The molecule has 0 aliphatic carbocycles. The molecule has 3 aromatic carbocycles. The van der Waals surface area contributed by atoms with Gasteiger partial charge in [-0.2, -0.15) is 4.39 Å². The molecule has 3 rings (SSSR count). The maximum absolute atomic E-state index is 14.2. The Kier molecular flexibility index (Phi) is 5.36. The fourth-order valence-electron chi connectivity index (χ4n) is 2.81. The van der Waals surface area contributed by atoms with Crippen LogP contribution in [0.25, 0.3) is 0 Å². The smallest absolute Gasteiger partial charge is 0.305 e. The molecule has 0 spiro atoms. The quantitative estimate of drug-likeness (QED) is 0.360. The van der Waals surface area contributed by atoms with Crippen molar-refractivity contribution < 1.29 is 18.8 Å². The van der Waals surface area contributed by atoms with Gasteiger partial charge in [-0.05, 0) is 24.3 Å². The fourth-order valence-corrected chi connectivity index (χ4v) is 5.76. The first-order valence-corrected chi connectivity index (χ1v) is 10.2. The minimum atomic E-state index is -3.73. The minimum absolute atomic E-state index is 0.0117. The van der Waals surface area contributed by atoms with E-state index in [9.17, 15) is 29.2 Å². The van der Waals surface area contributed by atoms with Gasteiger partial charge in [0.25, 0.3) is 5.69 Å². The van der Waals surface area contributed by atoms with Crippen LogP contribution >= 0.6 is 16.4 Å². The Bertz CT molecular complexity index is 1070. The molecule has 0 saturated heterocycles. The van der Waals surface area contributed by atoms with Gasteiger partial charge in [0.2, 0.25) is 5.82 Å². The summed E-state index contributed by atoms with van der Waals surface area (Å²) in [5.41, 5.74) is -1.07. The van der Waals surface area contributed by atoms with Crippen LogP contribution in [-0.2, 0) is 4.57 Å². The van der Waals surface area contributed by atoms with Gasteiger partial charge in [-0.15, -0.1) is 0 Å². The largest absolute Gasteiger partial charge is 0.309 e. The van der Waals surface area contributed by atoms with E-state index in [1.54, 1.807) is 30.3 Å². The van der Waals surface area contributed by atoms with Crippen molar-refractivity contribution >= 4 is 49.0 Å². The summed E-state index contributed by atoms with van der Waals surface area (Å²) in [4.78, 5) is 21.0. The number of nitrogens with zero attached hydrogens (tertiary/aromatic N) is 2. The highest BCUT2D eigenvalue weighted by Crippen LogP contribution is 2.43. The van der Waals surface area contributed by atoms with Crippen LogP contribution < -0.4 is 21.2 Å². The molecule has 10 heteroatoms. The Labute approximate surface area is 161 Å². The maximum Gasteiger partial charge on any atom is 0.305 e. The summed E-state index contributed by atoms with van der Waals surface area (Å²) >= 11 is 0. The summed E-state index contributed by atoms with van der Waals surface area (Å²) in [6.45, 7) is 0. The zero-order valence-electron chi connectivity index (χ0n) is 14.2. The molecule has 0 radical (unpaired) electrons. The van der Waals surface area contributed by atoms with Gasteiger partial charge in [0.05, 0.1) is 9.85 Å². The van der Waals surface area contributed by atoms with Gasteiger partial charge < -0.3 is 4.57 Å². The fraction of sp³-hybridized carbons (Fsp3) is 0. The first-order chi connectivity index (χ1) is 13.2. The number of halogens is 1. The van der Waals surface area contributed by atoms with Crippen molar-refractivity contribution in [2.75, 3.05) is 0 Å². The van der Waals surface area contributed by atoms with E-state index in [-0.39, 0.29) is 16.3 Å². The normalized spacial score (nSPS) is 12.9. The Morgan fingerprint density at radius 2 is 1.32 bits per heavy atom. The summed E-state index contributed by atoms with van der Waals surface area (Å²) in [6.07, 6.45) is 0. The molecule has 0 fully saturated rings. The minimum Gasteiger partial charge on any atom is -0.309 e. The number of benzene rings is 3. The third-order valence-electron chi connectivity index (χ3n) is 4.18. The van der Waals surface area contributed by atoms with E-state index < -0.39 is 28.5 Å². The Morgan fingerprint density at radius 1 is 0.786 bits per heavy atom. The molecule has 0 aliphatic rings.